The Kier molecular flexibility index (Phi) is 5.30. The Morgan fingerprint density at radius 1 is 1.22 bits per heavy atom. The zero-order valence-electron chi connectivity index (χ0n) is 18.7. The lowest BCUT2D eigenvalue weighted by Crippen LogP contribution is -2.47. The Morgan fingerprint density at radius 2 is 2.12 bits per heavy atom. The molecule has 3 aliphatic heterocycles. The van der Waals surface area contributed by atoms with Gasteiger partial charge >= 0.3 is 0 Å². The number of phenols is 1. The van der Waals surface area contributed by atoms with E-state index in [1.165, 1.54) is 23.1 Å². The highest BCUT2D eigenvalue weighted by atomic mass is 16.5. The summed E-state index contributed by atoms with van der Waals surface area (Å²) in [6.45, 7) is 5.88. The number of rotatable bonds is 5. The van der Waals surface area contributed by atoms with Crippen LogP contribution in [0.25, 0.3) is 5.57 Å². The van der Waals surface area contributed by atoms with E-state index in [2.05, 4.69) is 39.8 Å². The van der Waals surface area contributed by atoms with Crippen molar-refractivity contribution in [2.24, 2.45) is 5.92 Å². The molecule has 0 radical (unpaired) electrons. The van der Waals surface area contributed by atoms with Crippen LogP contribution in [-0.2, 0) is 11.2 Å². The number of hydrazine groups is 1. The molecule has 7 heteroatoms. The van der Waals surface area contributed by atoms with Gasteiger partial charge in [0.15, 0.2) is 0 Å². The van der Waals surface area contributed by atoms with Gasteiger partial charge in [-0.05, 0) is 66.4 Å². The summed E-state index contributed by atoms with van der Waals surface area (Å²) >= 11 is 0. The molecule has 170 valence electrons. The first kappa shape index (κ1) is 20.4. The number of imidazole rings is 1. The summed E-state index contributed by atoms with van der Waals surface area (Å²) in [5.74, 6) is 2.49. The van der Waals surface area contributed by atoms with Crippen LogP contribution in [0.5, 0.6) is 5.75 Å². The number of aromatic amines is 1. The Hall–Kier alpha value is -2.19. The molecule has 1 aromatic carbocycles. The third kappa shape index (κ3) is 3.57. The van der Waals surface area contributed by atoms with Crippen molar-refractivity contribution in [3.05, 3.63) is 53.1 Å². The van der Waals surface area contributed by atoms with Crippen molar-refractivity contribution in [3.8, 4) is 5.75 Å². The standard InChI is InChI=1S/C25H33N5O2/c1-2-15-9-19(31)4-6-20(15)16-3-5-21-22(10-16)28-29-24(21)25-26-11-23(27-25)17-7-8-30(12-17)18-13-32-14-18/h4,6-7,9,11,16,18,21-22,24,28-29,31H,2-3,5,8,10,12-14H2,1H3,(H,26,27). The highest BCUT2D eigenvalue weighted by Crippen LogP contribution is 2.44. The Labute approximate surface area is 189 Å². The smallest absolute Gasteiger partial charge is 0.125 e. The number of fused-ring (bicyclic) bond motifs is 1. The summed E-state index contributed by atoms with van der Waals surface area (Å²) in [5.41, 5.74) is 12.3. The molecular formula is C25H33N5O2. The van der Waals surface area contributed by atoms with Gasteiger partial charge in [-0.3, -0.25) is 10.3 Å². The number of hydrogen-bond donors (Lipinski definition) is 4. The third-order valence-electron chi connectivity index (χ3n) is 8.02. The Morgan fingerprint density at radius 3 is 2.94 bits per heavy atom. The van der Waals surface area contributed by atoms with E-state index in [1.807, 2.05) is 18.3 Å². The second-order valence-electron chi connectivity index (χ2n) is 9.82. The van der Waals surface area contributed by atoms with E-state index >= 15 is 0 Å². The van der Waals surface area contributed by atoms with Gasteiger partial charge < -0.3 is 14.8 Å². The second kappa shape index (κ2) is 8.30. The number of nitrogens with zero attached hydrogens (tertiary/aromatic N) is 2. The van der Waals surface area contributed by atoms with E-state index in [0.717, 1.165) is 57.1 Å². The Balaban J connectivity index is 1.13. The van der Waals surface area contributed by atoms with E-state index in [9.17, 15) is 5.11 Å². The lowest BCUT2D eigenvalue weighted by Gasteiger charge is -2.34. The van der Waals surface area contributed by atoms with Gasteiger partial charge in [0.05, 0.1) is 37.2 Å². The number of hydrogen-bond acceptors (Lipinski definition) is 6. The molecule has 4 heterocycles. The fraction of sp³-hybridized carbons (Fsp3) is 0.560. The zero-order valence-corrected chi connectivity index (χ0v) is 18.7. The molecule has 1 aromatic heterocycles. The maximum atomic E-state index is 9.87. The maximum absolute atomic E-state index is 9.87. The predicted octanol–water partition coefficient (Wildman–Crippen LogP) is 2.88. The van der Waals surface area contributed by atoms with Crippen molar-refractivity contribution in [2.45, 2.75) is 56.7 Å². The summed E-state index contributed by atoms with van der Waals surface area (Å²) in [7, 11) is 0. The minimum absolute atomic E-state index is 0.221. The van der Waals surface area contributed by atoms with Gasteiger partial charge in [-0.2, -0.15) is 0 Å². The minimum Gasteiger partial charge on any atom is -0.508 e. The van der Waals surface area contributed by atoms with E-state index in [1.54, 1.807) is 0 Å². The van der Waals surface area contributed by atoms with Crippen molar-refractivity contribution in [3.63, 3.8) is 0 Å². The van der Waals surface area contributed by atoms with E-state index in [0.29, 0.717) is 29.7 Å². The second-order valence-corrected chi connectivity index (χ2v) is 9.82. The third-order valence-corrected chi connectivity index (χ3v) is 8.02. The highest BCUT2D eigenvalue weighted by Gasteiger charge is 2.42. The van der Waals surface area contributed by atoms with Crippen LogP contribution in [0.4, 0.5) is 0 Å². The number of H-pyrrole nitrogens is 1. The van der Waals surface area contributed by atoms with Crippen molar-refractivity contribution >= 4 is 5.57 Å². The number of nitrogens with one attached hydrogen (secondary N) is 3. The number of phenolic OH excluding ortho intramolecular Hbond substituents is 1. The average Bonchev–Trinajstić information content (AvgIpc) is 3.51. The Bertz CT molecular complexity index is 1010. The van der Waals surface area contributed by atoms with Crippen LogP contribution >= 0.6 is 0 Å². The van der Waals surface area contributed by atoms with Gasteiger partial charge in [-0.1, -0.05) is 19.1 Å². The molecule has 0 amide bonds. The van der Waals surface area contributed by atoms with Crippen LogP contribution in [0.2, 0.25) is 0 Å². The molecule has 2 saturated heterocycles. The lowest BCUT2D eigenvalue weighted by atomic mass is 9.73. The number of aromatic nitrogens is 2. The van der Waals surface area contributed by atoms with Gasteiger partial charge in [0.25, 0.3) is 0 Å². The van der Waals surface area contributed by atoms with Crippen molar-refractivity contribution in [2.75, 3.05) is 26.3 Å². The molecule has 4 N–H and O–H groups in total. The predicted molar refractivity (Wildman–Crippen MR) is 123 cm³/mol. The molecule has 4 unspecified atom stereocenters. The average molecular weight is 436 g/mol. The highest BCUT2D eigenvalue weighted by molar-refractivity contribution is 5.66. The monoisotopic (exact) mass is 435 g/mol. The van der Waals surface area contributed by atoms with Gasteiger partial charge in [0.1, 0.15) is 11.6 Å². The first-order valence-corrected chi connectivity index (χ1v) is 12.1. The topological polar surface area (TPSA) is 85.4 Å². The van der Waals surface area contributed by atoms with Crippen LogP contribution in [0.15, 0.2) is 30.5 Å². The SMILES string of the molecule is CCc1cc(O)ccc1C1CCC2C(C1)NNC2c1ncc(C2=CCN(C3COC3)C2)[nH]1. The van der Waals surface area contributed by atoms with Gasteiger partial charge in [-0.15, -0.1) is 0 Å². The fourth-order valence-electron chi connectivity index (χ4n) is 6.05. The van der Waals surface area contributed by atoms with Crippen molar-refractivity contribution in [1.82, 2.24) is 25.7 Å². The summed E-state index contributed by atoms with van der Waals surface area (Å²) in [6.07, 6.45) is 8.75. The van der Waals surface area contributed by atoms with E-state index < -0.39 is 0 Å². The summed E-state index contributed by atoms with van der Waals surface area (Å²) in [6, 6.07) is 7.14. The number of aromatic hydroxyl groups is 1. The number of ether oxygens (including phenoxy) is 1. The minimum atomic E-state index is 0.221. The molecule has 6 rings (SSSR count). The number of benzene rings is 1. The zero-order chi connectivity index (χ0) is 21.7. The lowest BCUT2D eigenvalue weighted by molar-refractivity contribution is -0.0547. The molecule has 0 bridgehead atoms. The molecule has 1 saturated carbocycles. The van der Waals surface area contributed by atoms with Crippen LogP contribution < -0.4 is 10.9 Å². The molecular weight excluding hydrogens is 402 g/mol. The molecule has 0 spiro atoms. The summed E-state index contributed by atoms with van der Waals surface area (Å²) in [4.78, 5) is 10.9. The number of aryl methyl sites for hydroxylation is 1. The van der Waals surface area contributed by atoms with Gasteiger partial charge in [0, 0.05) is 19.1 Å². The molecule has 1 aliphatic carbocycles. The maximum Gasteiger partial charge on any atom is 0.125 e. The summed E-state index contributed by atoms with van der Waals surface area (Å²) in [5, 5.41) is 9.87. The molecule has 2 aromatic rings. The van der Waals surface area contributed by atoms with E-state index in [-0.39, 0.29) is 6.04 Å². The van der Waals surface area contributed by atoms with E-state index in [4.69, 9.17) is 9.72 Å². The van der Waals surface area contributed by atoms with Gasteiger partial charge in [-0.25, -0.2) is 10.4 Å². The van der Waals surface area contributed by atoms with Crippen molar-refractivity contribution < 1.29 is 9.84 Å². The van der Waals surface area contributed by atoms with Crippen LogP contribution in [0, 0.1) is 5.92 Å². The normalized spacial score (nSPS) is 30.8. The summed E-state index contributed by atoms with van der Waals surface area (Å²) < 4.78 is 5.35. The largest absolute Gasteiger partial charge is 0.508 e. The fourth-order valence-corrected chi connectivity index (χ4v) is 6.05. The molecule has 32 heavy (non-hydrogen) atoms. The molecule has 4 aliphatic rings. The molecule has 3 fully saturated rings. The molecule has 4 atom stereocenters. The molecule has 7 nitrogen and oxygen atoms in total. The first-order chi connectivity index (χ1) is 15.7. The quantitative estimate of drug-likeness (QED) is 0.578. The van der Waals surface area contributed by atoms with Gasteiger partial charge in [0.2, 0.25) is 0 Å². The van der Waals surface area contributed by atoms with Crippen LogP contribution in [0.1, 0.15) is 60.8 Å². The van der Waals surface area contributed by atoms with Crippen LogP contribution in [-0.4, -0.2) is 58.4 Å². The van der Waals surface area contributed by atoms with Crippen LogP contribution in [0.3, 0.4) is 0 Å². The first-order valence-electron chi connectivity index (χ1n) is 12.1. The van der Waals surface area contributed by atoms with Crippen molar-refractivity contribution in [1.29, 1.82) is 0 Å².